The van der Waals surface area contributed by atoms with Gasteiger partial charge in [0.15, 0.2) is 0 Å². The lowest BCUT2D eigenvalue weighted by atomic mass is 10.4. The Morgan fingerprint density at radius 2 is 2.40 bits per heavy atom. The molecule has 0 spiro atoms. The van der Waals surface area contributed by atoms with E-state index in [4.69, 9.17) is 5.73 Å². The number of nitrogen functional groups attached to an aromatic ring is 1. The van der Waals surface area contributed by atoms with Gasteiger partial charge in [-0.1, -0.05) is 17.4 Å². The minimum absolute atomic E-state index is 0.238. The number of nitrogens with two attached hydrogens (primary N) is 1. The fourth-order valence-electron chi connectivity index (χ4n) is 0.982. The average Bonchev–Trinajstić information content (AvgIpc) is 2.84. The zero-order valence-corrected chi connectivity index (χ0v) is 9.27. The zero-order chi connectivity index (χ0) is 10.7. The highest BCUT2D eigenvalue weighted by Crippen LogP contribution is 2.11. The van der Waals surface area contributed by atoms with Crippen LogP contribution in [-0.2, 0) is 6.54 Å². The van der Waals surface area contributed by atoms with Crippen molar-refractivity contribution >= 4 is 33.7 Å². The summed E-state index contributed by atoms with van der Waals surface area (Å²) in [6.07, 6.45) is 0. The minimum Gasteiger partial charge on any atom is -0.374 e. The highest BCUT2D eigenvalue weighted by molar-refractivity contribution is 7.16. The lowest BCUT2D eigenvalue weighted by Gasteiger charge is -1.98. The summed E-state index contributed by atoms with van der Waals surface area (Å²) in [5.41, 5.74) is 5.37. The molecule has 2 rings (SSSR count). The van der Waals surface area contributed by atoms with E-state index in [0.717, 1.165) is 16.2 Å². The molecule has 0 aromatic carbocycles. The third-order valence-electron chi connectivity index (χ3n) is 1.64. The summed E-state index contributed by atoms with van der Waals surface area (Å²) in [6, 6.07) is 3.90. The Hall–Kier alpha value is -1.47. The van der Waals surface area contributed by atoms with Crippen molar-refractivity contribution < 1.29 is 4.79 Å². The normalized spacial score (nSPS) is 10.1. The maximum Gasteiger partial charge on any atom is 0.282 e. The maximum absolute atomic E-state index is 11.5. The first-order chi connectivity index (χ1) is 7.25. The molecule has 7 heteroatoms. The Morgan fingerprint density at radius 1 is 1.53 bits per heavy atom. The molecule has 0 aliphatic heterocycles. The molecule has 0 saturated carbocycles. The molecule has 2 heterocycles. The number of carbonyl (C=O) groups excluding carboxylic acids is 1. The van der Waals surface area contributed by atoms with Crippen LogP contribution >= 0.6 is 22.7 Å². The van der Waals surface area contributed by atoms with Crippen LogP contribution in [0.1, 0.15) is 14.7 Å². The number of nitrogens with zero attached hydrogens (tertiary/aromatic N) is 2. The van der Waals surface area contributed by atoms with Crippen LogP contribution in [-0.4, -0.2) is 16.1 Å². The Morgan fingerprint density at radius 3 is 3.00 bits per heavy atom. The van der Waals surface area contributed by atoms with E-state index in [-0.39, 0.29) is 5.91 Å². The van der Waals surface area contributed by atoms with Gasteiger partial charge in [-0.05, 0) is 11.4 Å². The number of rotatable bonds is 3. The standard InChI is InChI=1S/C8H8N4OS2/c9-8-12-11-7(15-8)6(13)10-4-5-2-1-3-14-5/h1-3H,4H2,(H2,9,12)(H,10,13). The molecule has 5 nitrogen and oxygen atoms in total. The van der Waals surface area contributed by atoms with Gasteiger partial charge in [-0.2, -0.15) is 0 Å². The predicted molar refractivity (Wildman–Crippen MR) is 59.8 cm³/mol. The summed E-state index contributed by atoms with van der Waals surface area (Å²) >= 11 is 2.67. The number of thiophene rings is 1. The van der Waals surface area contributed by atoms with E-state index in [2.05, 4.69) is 15.5 Å². The largest absolute Gasteiger partial charge is 0.374 e. The molecule has 78 valence electrons. The van der Waals surface area contributed by atoms with Crippen LogP contribution in [0.25, 0.3) is 0 Å². The third-order valence-corrected chi connectivity index (χ3v) is 3.27. The van der Waals surface area contributed by atoms with Crippen molar-refractivity contribution in [1.29, 1.82) is 0 Å². The van der Waals surface area contributed by atoms with Crippen molar-refractivity contribution in [3.8, 4) is 0 Å². The molecule has 2 aromatic heterocycles. The van der Waals surface area contributed by atoms with E-state index >= 15 is 0 Å². The highest BCUT2D eigenvalue weighted by Gasteiger charge is 2.10. The number of anilines is 1. The summed E-state index contributed by atoms with van der Waals surface area (Å²) in [4.78, 5) is 12.6. The molecule has 0 fully saturated rings. The maximum atomic E-state index is 11.5. The van der Waals surface area contributed by atoms with Crippen LogP contribution < -0.4 is 11.1 Å². The van der Waals surface area contributed by atoms with Gasteiger partial charge in [-0.3, -0.25) is 4.79 Å². The van der Waals surface area contributed by atoms with Crippen LogP contribution in [0.2, 0.25) is 0 Å². The summed E-state index contributed by atoms with van der Waals surface area (Å²) < 4.78 is 0. The van der Waals surface area contributed by atoms with Crippen molar-refractivity contribution in [1.82, 2.24) is 15.5 Å². The summed E-state index contributed by atoms with van der Waals surface area (Å²) in [5.74, 6) is -0.238. The lowest BCUT2D eigenvalue weighted by Crippen LogP contribution is -2.22. The van der Waals surface area contributed by atoms with Crippen molar-refractivity contribution in [2.45, 2.75) is 6.54 Å². The van der Waals surface area contributed by atoms with Gasteiger partial charge in [0.25, 0.3) is 5.91 Å². The highest BCUT2D eigenvalue weighted by atomic mass is 32.1. The predicted octanol–water partition coefficient (Wildman–Crippen LogP) is 1.11. The molecule has 0 radical (unpaired) electrons. The fraction of sp³-hybridized carbons (Fsp3) is 0.125. The van der Waals surface area contributed by atoms with Gasteiger partial charge < -0.3 is 11.1 Å². The van der Waals surface area contributed by atoms with Gasteiger partial charge in [0, 0.05) is 4.88 Å². The zero-order valence-electron chi connectivity index (χ0n) is 7.64. The molecule has 0 aliphatic carbocycles. The van der Waals surface area contributed by atoms with Crippen molar-refractivity contribution in [3.05, 3.63) is 27.4 Å². The van der Waals surface area contributed by atoms with Gasteiger partial charge in [-0.15, -0.1) is 21.5 Å². The number of hydrogen-bond donors (Lipinski definition) is 2. The second kappa shape index (κ2) is 4.37. The van der Waals surface area contributed by atoms with Gasteiger partial charge in [0.2, 0.25) is 10.1 Å². The molecular weight excluding hydrogens is 232 g/mol. The van der Waals surface area contributed by atoms with Crippen LogP contribution in [0.3, 0.4) is 0 Å². The number of aromatic nitrogens is 2. The van der Waals surface area contributed by atoms with Crippen LogP contribution in [0.5, 0.6) is 0 Å². The topological polar surface area (TPSA) is 80.9 Å². The van der Waals surface area contributed by atoms with Crippen molar-refractivity contribution in [2.75, 3.05) is 5.73 Å². The Bertz CT molecular complexity index is 451. The second-order valence-corrected chi connectivity index (χ2v) is 4.75. The first kappa shape index (κ1) is 10.1. The molecule has 0 unspecified atom stereocenters. The molecule has 1 amide bonds. The lowest BCUT2D eigenvalue weighted by molar-refractivity contribution is 0.0950. The van der Waals surface area contributed by atoms with E-state index in [0.29, 0.717) is 16.7 Å². The molecule has 0 bridgehead atoms. The second-order valence-electron chi connectivity index (χ2n) is 2.71. The first-order valence-corrected chi connectivity index (χ1v) is 5.85. The number of amides is 1. The quantitative estimate of drug-likeness (QED) is 0.842. The molecule has 15 heavy (non-hydrogen) atoms. The molecule has 3 N–H and O–H groups in total. The van der Waals surface area contributed by atoms with E-state index < -0.39 is 0 Å². The van der Waals surface area contributed by atoms with Crippen LogP contribution in [0.4, 0.5) is 5.13 Å². The van der Waals surface area contributed by atoms with E-state index in [1.54, 1.807) is 11.3 Å². The number of hydrogen-bond acceptors (Lipinski definition) is 6. The van der Waals surface area contributed by atoms with Gasteiger partial charge in [0.05, 0.1) is 6.54 Å². The molecule has 2 aromatic rings. The average molecular weight is 240 g/mol. The van der Waals surface area contributed by atoms with Gasteiger partial charge in [-0.25, -0.2) is 0 Å². The van der Waals surface area contributed by atoms with Crippen LogP contribution in [0.15, 0.2) is 17.5 Å². The number of nitrogens with one attached hydrogen (secondary N) is 1. The van der Waals surface area contributed by atoms with E-state index in [1.165, 1.54) is 0 Å². The molecule has 0 saturated heterocycles. The minimum atomic E-state index is -0.238. The van der Waals surface area contributed by atoms with E-state index in [1.807, 2.05) is 17.5 Å². The Balaban J connectivity index is 1.93. The summed E-state index contributed by atoms with van der Waals surface area (Å²) in [5, 5.41) is 12.5. The van der Waals surface area contributed by atoms with Crippen LogP contribution in [0, 0.1) is 0 Å². The van der Waals surface area contributed by atoms with Crippen molar-refractivity contribution in [2.24, 2.45) is 0 Å². The smallest absolute Gasteiger partial charge is 0.282 e. The fourth-order valence-corrected chi connectivity index (χ4v) is 2.15. The molecule has 0 atom stereocenters. The van der Waals surface area contributed by atoms with E-state index in [9.17, 15) is 4.79 Å². The SMILES string of the molecule is Nc1nnc(C(=O)NCc2cccs2)s1. The third kappa shape index (κ3) is 2.51. The molecule has 0 aliphatic rings. The Labute approximate surface area is 94.0 Å². The van der Waals surface area contributed by atoms with Crippen molar-refractivity contribution in [3.63, 3.8) is 0 Å². The molecular formula is C8H8N4OS2. The Kier molecular flexibility index (Phi) is 2.93. The summed E-state index contributed by atoms with van der Waals surface area (Å²) in [7, 11) is 0. The summed E-state index contributed by atoms with van der Waals surface area (Å²) in [6.45, 7) is 0.510. The monoisotopic (exact) mass is 240 g/mol. The first-order valence-electron chi connectivity index (χ1n) is 4.15. The number of carbonyl (C=O) groups is 1. The van der Waals surface area contributed by atoms with Gasteiger partial charge in [0.1, 0.15) is 0 Å². The van der Waals surface area contributed by atoms with Gasteiger partial charge >= 0.3 is 0 Å².